The van der Waals surface area contributed by atoms with Crippen molar-refractivity contribution in [1.82, 2.24) is 5.32 Å². The Morgan fingerprint density at radius 1 is 1.21 bits per heavy atom. The molecule has 1 aromatic rings. The number of rotatable bonds is 4. The summed E-state index contributed by atoms with van der Waals surface area (Å²) in [5.74, 6) is 1.22. The molecule has 0 amide bonds. The highest BCUT2D eigenvalue weighted by Crippen LogP contribution is 2.42. The fourth-order valence-electron chi connectivity index (χ4n) is 3.06. The lowest BCUT2D eigenvalue weighted by molar-refractivity contribution is 0.289. The van der Waals surface area contributed by atoms with Gasteiger partial charge in [0, 0.05) is 6.04 Å². The van der Waals surface area contributed by atoms with Crippen LogP contribution in [0.15, 0.2) is 18.2 Å². The zero-order valence-corrected chi connectivity index (χ0v) is 13.3. The molecule has 0 saturated heterocycles. The Morgan fingerprint density at radius 2 is 1.95 bits per heavy atom. The van der Waals surface area contributed by atoms with Gasteiger partial charge in [0.05, 0.1) is 10.0 Å². The van der Waals surface area contributed by atoms with E-state index in [-0.39, 0.29) is 0 Å². The Bertz CT molecular complexity index is 417. The summed E-state index contributed by atoms with van der Waals surface area (Å²) < 4.78 is 0. The van der Waals surface area contributed by atoms with Crippen molar-refractivity contribution >= 4 is 23.2 Å². The van der Waals surface area contributed by atoms with E-state index in [0.29, 0.717) is 22.9 Å². The number of halogens is 2. The van der Waals surface area contributed by atoms with Crippen LogP contribution in [0, 0.1) is 5.92 Å². The van der Waals surface area contributed by atoms with Crippen molar-refractivity contribution in [3.8, 4) is 0 Å². The number of nitrogens with one attached hydrogen (secondary N) is 1. The van der Waals surface area contributed by atoms with Crippen molar-refractivity contribution in [3.05, 3.63) is 33.8 Å². The summed E-state index contributed by atoms with van der Waals surface area (Å²) in [5.41, 5.74) is 1.24. The van der Waals surface area contributed by atoms with Crippen molar-refractivity contribution in [1.29, 1.82) is 0 Å². The summed E-state index contributed by atoms with van der Waals surface area (Å²) in [7, 11) is 0. The van der Waals surface area contributed by atoms with E-state index in [0.717, 1.165) is 11.6 Å². The number of benzene rings is 1. The van der Waals surface area contributed by atoms with Crippen LogP contribution in [0.5, 0.6) is 0 Å². The third-order valence-corrected chi connectivity index (χ3v) is 4.91. The first-order valence-electron chi connectivity index (χ1n) is 7.27. The Labute approximate surface area is 126 Å². The molecule has 1 aliphatic carbocycles. The largest absolute Gasteiger partial charge is 0.314 e. The summed E-state index contributed by atoms with van der Waals surface area (Å²) in [5, 5.41) is 5.01. The van der Waals surface area contributed by atoms with Crippen molar-refractivity contribution in [2.24, 2.45) is 5.92 Å². The van der Waals surface area contributed by atoms with E-state index >= 15 is 0 Å². The predicted molar refractivity (Wildman–Crippen MR) is 84.3 cm³/mol. The average Bonchev–Trinajstić information content (AvgIpc) is 2.40. The second-order valence-corrected chi connectivity index (χ2v) is 6.64. The molecule has 0 aliphatic heterocycles. The van der Waals surface area contributed by atoms with Crippen molar-refractivity contribution in [2.45, 2.75) is 51.5 Å². The van der Waals surface area contributed by atoms with Crippen LogP contribution in [-0.2, 0) is 0 Å². The summed E-state index contributed by atoms with van der Waals surface area (Å²) in [6.07, 6.45) is 5.14. The van der Waals surface area contributed by atoms with Crippen LogP contribution in [-0.4, -0.2) is 12.6 Å². The van der Waals surface area contributed by atoms with Crippen molar-refractivity contribution < 1.29 is 0 Å². The molecular formula is C16H23Cl2N. The molecule has 3 heteroatoms. The van der Waals surface area contributed by atoms with Crippen molar-refractivity contribution in [2.75, 3.05) is 6.54 Å². The summed E-state index contributed by atoms with van der Waals surface area (Å²) in [6.45, 7) is 5.47. The molecule has 2 rings (SSSR count). The maximum atomic E-state index is 6.40. The van der Waals surface area contributed by atoms with Gasteiger partial charge in [-0.1, -0.05) is 62.0 Å². The first kappa shape index (κ1) is 15.2. The smallest absolute Gasteiger partial charge is 0.0627 e. The molecule has 1 nitrogen and oxygen atoms in total. The lowest BCUT2D eigenvalue weighted by Crippen LogP contribution is -2.33. The van der Waals surface area contributed by atoms with E-state index in [1.807, 2.05) is 12.1 Å². The average molecular weight is 300 g/mol. The van der Waals surface area contributed by atoms with Gasteiger partial charge in [-0.25, -0.2) is 0 Å². The van der Waals surface area contributed by atoms with Crippen LogP contribution in [0.3, 0.4) is 0 Å². The van der Waals surface area contributed by atoms with E-state index in [4.69, 9.17) is 23.2 Å². The summed E-state index contributed by atoms with van der Waals surface area (Å²) in [4.78, 5) is 0. The highest BCUT2D eigenvalue weighted by molar-refractivity contribution is 6.42. The summed E-state index contributed by atoms with van der Waals surface area (Å²) in [6, 6.07) is 6.58. The molecule has 0 radical (unpaired) electrons. The van der Waals surface area contributed by atoms with Gasteiger partial charge in [0.2, 0.25) is 0 Å². The second-order valence-electron chi connectivity index (χ2n) is 5.86. The molecule has 0 bridgehead atoms. The molecule has 0 heterocycles. The molecule has 2 atom stereocenters. The van der Waals surface area contributed by atoms with Crippen LogP contribution < -0.4 is 5.32 Å². The monoisotopic (exact) mass is 299 g/mol. The minimum absolute atomic E-state index is 0.539. The van der Waals surface area contributed by atoms with E-state index in [9.17, 15) is 0 Å². The second kappa shape index (κ2) is 6.97. The third kappa shape index (κ3) is 3.87. The Kier molecular flexibility index (Phi) is 5.56. The SMILES string of the molecule is CC(C)NCC1CCCCC1c1cccc(Cl)c1Cl. The van der Waals surface area contributed by atoms with E-state index in [1.165, 1.54) is 31.2 Å². The normalized spacial score (nSPS) is 23.8. The molecule has 19 heavy (non-hydrogen) atoms. The minimum atomic E-state index is 0.539. The van der Waals surface area contributed by atoms with Gasteiger partial charge in [-0.05, 0) is 42.9 Å². The molecule has 2 unspecified atom stereocenters. The van der Waals surface area contributed by atoms with E-state index < -0.39 is 0 Å². The predicted octanol–water partition coefficient (Wildman–Crippen LogP) is 5.27. The van der Waals surface area contributed by atoms with Gasteiger partial charge < -0.3 is 5.32 Å². The van der Waals surface area contributed by atoms with Crippen LogP contribution in [0.25, 0.3) is 0 Å². The Hall–Kier alpha value is -0.240. The van der Waals surface area contributed by atoms with Gasteiger partial charge >= 0.3 is 0 Å². The molecule has 1 aliphatic rings. The van der Waals surface area contributed by atoms with Gasteiger partial charge in [0.15, 0.2) is 0 Å². The van der Waals surface area contributed by atoms with E-state index in [2.05, 4.69) is 25.2 Å². The molecular weight excluding hydrogens is 277 g/mol. The molecule has 1 fully saturated rings. The van der Waals surface area contributed by atoms with Crippen molar-refractivity contribution in [3.63, 3.8) is 0 Å². The van der Waals surface area contributed by atoms with E-state index in [1.54, 1.807) is 0 Å². The quantitative estimate of drug-likeness (QED) is 0.799. The Balaban J connectivity index is 2.16. The van der Waals surface area contributed by atoms with Crippen LogP contribution in [0.1, 0.15) is 51.0 Å². The van der Waals surface area contributed by atoms with Crippen LogP contribution in [0.4, 0.5) is 0 Å². The molecule has 0 spiro atoms. The first-order valence-corrected chi connectivity index (χ1v) is 8.02. The summed E-state index contributed by atoms with van der Waals surface area (Å²) >= 11 is 12.6. The molecule has 0 aromatic heterocycles. The zero-order chi connectivity index (χ0) is 13.8. The van der Waals surface area contributed by atoms with Gasteiger partial charge in [-0.2, -0.15) is 0 Å². The maximum Gasteiger partial charge on any atom is 0.0627 e. The molecule has 1 N–H and O–H groups in total. The fraction of sp³-hybridized carbons (Fsp3) is 0.625. The lowest BCUT2D eigenvalue weighted by atomic mass is 9.75. The van der Waals surface area contributed by atoms with Gasteiger partial charge in [-0.15, -0.1) is 0 Å². The van der Waals surface area contributed by atoms with Gasteiger partial charge in [0.1, 0.15) is 0 Å². The Morgan fingerprint density at radius 3 is 2.68 bits per heavy atom. The zero-order valence-electron chi connectivity index (χ0n) is 11.8. The number of hydrogen-bond donors (Lipinski definition) is 1. The maximum absolute atomic E-state index is 6.40. The standard InChI is InChI=1S/C16H23Cl2N/c1-11(2)19-10-12-6-3-4-7-13(12)14-8-5-9-15(17)16(14)18/h5,8-9,11-13,19H,3-4,6-7,10H2,1-2H3. The minimum Gasteiger partial charge on any atom is -0.314 e. The molecule has 1 aromatic carbocycles. The third-order valence-electron chi connectivity index (χ3n) is 4.08. The molecule has 106 valence electrons. The topological polar surface area (TPSA) is 12.0 Å². The highest BCUT2D eigenvalue weighted by atomic mass is 35.5. The van der Waals surface area contributed by atoms with Crippen LogP contribution in [0.2, 0.25) is 10.0 Å². The van der Waals surface area contributed by atoms with Gasteiger partial charge in [-0.3, -0.25) is 0 Å². The first-order chi connectivity index (χ1) is 9.09. The number of hydrogen-bond acceptors (Lipinski definition) is 1. The highest BCUT2D eigenvalue weighted by Gasteiger charge is 2.28. The van der Waals surface area contributed by atoms with Crippen LogP contribution >= 0.6 is 23.2 Å². The fourth-order valence-corrected chi connectivity index (χ4v) is 3.50. The van der Waals surface area contributed by atoms with Gasteiger partial charge in [0.25, 0.3) is 0 Å². The lowest BCUT2D eigenvalue weighted by Gasteiger charge is -2.33. The molecule has 1 saturated carbocycles.